The monoisotopic (exact) mass is 1170 g/mol. The molecule has 0 unspecified atom stereocenters. The number of rotatable bonds is 14. The van der Waals surface area contributed by atoms with E-state index in [-0.39, 0.29) is 19.0 Å². The van der Waals surface area contributed by atoms with Gasteiger partial charge in [0.15, 0.2) is 11.6 Å². The number of aryl methyl sites for hydroxylation is 6. The Morgan fingerprint density at radius 1 is 0.315 bits per heavy atom. The summed E-state index contributed by atoms with van der Waals surface area (Å²) in [6.45, 7) is 16.2. The van der Waals surface area contributed by atoms with Gasteiger partial charge in [-0.05, 0) is 178 Å². The lowest BCUT2D eigenvalue weighted by Crippen LogP contribution is -1.91. The number of pyridine rings is 1. The van der Waals surface area contributed by atoms with Crippen molar-refractivity contribution in [3.05, 3.63) is 341 Å². The van der Waals surface area contributed by atoms with Gasteiger partial charge in [-0.3, -0.25) is 14.6 Å². The number of nitrogens with zero attached hydrogens (tertiary/aromatic N) is 1. The van der Waals surface area contributed by atoms with Crippen molar-refractivity contribution in [3.8, 4) is 44.5 Å². The van der Waals surface area contributed by atoms with Gasteiger partial charge in [-0.2, -0.15) is 0 Å². The van der Waals surface area contributed by atoms with Crippen molar-refractivity contribution in [2.24, 2.45) is 0 Å². The number of ketones is 2. The SMILES string of the molecule is C.CCc1ccc(-c2ccc(C(C)=O)cc2)cc1.CCc1ccc(-c2cccc(C(C)=O)c2)cc1.CCc1ccc(-c2ccccc2)cc1.CCc1ccc(-c2cccnc2)cc1.CCc1ccc(C2=CCC=C2)cc1.CCc1ccc(C2=CCC=C2)cc1. The summed E-state index contributed by atoms with van der Waals surface area (Å²) in [6, 6.07) is 82.2. The molecule has 9 aromatic carbocycles. The number of hydrogen-bond donors (Lipinski definition) is 0. The van der Waals surface area contributed by atoms with Crippen LogP contribution in [0.15, 0.2) is 285 Å². The Hall–Kier alpha value is -9.57. The number of Topliss-reactive ketones (excluding diaryl/α,β-unsaturated/α-hetero) is 2. The second-order valence-corrected chi connectivity index (χ2v) is 21.8. The smallest absolute Gasteiger partial charge is 0.159 e. The van der Waals surface area contributed by atoms with Gasteiger partial charge >= 0.3 is 0 Å². The molecule has 3 nitrogen and oxygen atoms in total. The van der Waals surface area contributed by atoms with Gasteiger partial charge in [-0.1, -0.05) is 310 Å². The Labute approximate surface area is 534 Å². The largest absolute Gasteiger partial charge is 0.295 e. The lowest BCUT2D eigenvalue weighted by atomic mass is 10.0. The summed E-state index contributed by atoms with van der Waals surface area (Å²) in [6.07, 6.45) is 25.7. The summed E-state index contributed by atoms with van der Waals surface area (Å²) in [4.78, 5) is 26.6. The highest BCUT2D eigenvalue weighted by molar-refractivity contribution is 5.95. The highest BCUT2D eigenvalue weighted by Crippen LogP contribution is 2.26. The molecule has 1 heterocycles. The summed E-state index contributed by atoms with van der Waals surface area (Å²) in [5, 5.41) is 0. The first-order chi connectivity index (χ1) is 43.0. The van der Waals surface area contributed by atoms with E-state index in [1.54, 1.807) is 20.0 Å². The predicted octanol–water partition coefficient (Wildman–Crippen LogP) is 23.3. The Kier molecular flexibility index (Phi) is 28.6. The van der Waals surface area contributed by atoms with Gasteiger partial charge in [0, 0.05) is 23.5 Å². The van der Waals surface area contributed by atoms with Crippen LogP contribution >= 0.6 is 0 Å². The number of benzene rings is 9. The molecule has 3 heteroatoms. The van der Waals surface area contributed by atoms with Gasteiger partial charge < -0.3 is 0 Å². The molecule has 10 aromatic rings. The van der Waals surface area contributed by atoms with Crippen LogP contribution in [0.2, 0.25) is 0 Å². The molecule has 0 saturated carbocycles. The second-order valence-electron chi connectivity index (χ2n) is 21.8. The van der Waals surface area contributed by atoms with Crippen LogP contribution in [-0.2, 0) is 38.5 Å². The first-order valence-electron chi connectivity index (χ1n) is 31.5. The molecule has 0 radical (unpaired) electrons. The lowest BCUT2D eigenvalue weighted by Gasteiger charge is -2.04. The van der Waals surface area contributed by atoms with E-state index in [0.717, 1.165) is 79.2 Å². The van der Waals surface area contributed by atoms with Gasteiger partial charge in [0.25, 0.3) is 0 Å². The Morgan fingerprint density at radius 2 is 0.618 bits per heavy atom. The van der Waals surface area contributed by atoms with E-state index in [4.69, 9.17) is 0 Å². The fourth-order valence-corrected chi connectivity index (χ4v) is 9.92. The zero-order valence-electron chi connectivity index (χ0n) is 53.1. The molecular weight excluding hydrogens is 1080 g/mol. The van der Waals surface area contributed by atoms with Crippen LogP contribution in [0.25, 0.3) is 55.7 Å². The van der Waals surface area contributed by atoms with Gasteiger partial charge in [0.2, 0.25) is 0 Å². The molecule has 2 aliphatic carbocycles. The minimum absolute atomic E-state index is 0. The first-order valence-corrected chi connectivity index (χ1v) is 31.5. The van der Waals surface area contributed by atoms with Crippen molar-refractivity contribution in [3.63, 3.8) is 0 Å². The summed E-state index contributed by atoms with van der Waals surface area (Å²) >= 11 is 0. The van der Waals surface area contributed by atoms with E-state index in [2.05, 4.69) is 259 Å². The molecule has 2 aliphatic rings. The summed E-state index contributed by atoms with van der Waals surface area (Å²) in [7, 11) is 0. The van der Waals surface area contributed by atoms with Crippen molar-refractivity contribution < 1.29 is 9.59 Å². The molecule has 0 N–H and O–H groups in total. The topological polar surface area (TPSA) is 47.0 Å². The molecule has 452 valence electrons. The average Bonchev–Trinajstić information content (AvgIpc) is 4.57. The Morgan fingerprint density at radius 3 is 0.933 bits per heavy atom. The summed E-state index contributed by atoms with van der Waals surface area (Å²) in [5.41, 5.74) is 24.8. The number of carbonyl (C=O) groups excluding carboxylic acids is 2. The summed E-state index contributed by atoms with van der Waals surface area (Å²) in [5.74, 6) is 0.218. The van der Waals surface area contributed by atoms with Gasteiger partial charge in [-0.25, -0.2) is 0 Å². The molecule has 0 saturated heterocycles. The molecule has 89 heavy (non-hydrogen) atoms. The number of carbonyl (C=O) groups is 2. The van der Waals surface area contributed by atoms with Crippen molar-refractivity contribution in [2.75, 3.05) is 0 Å². The third-order valence-corrected chi connectivity index (χ3v) is 15.7. The molecule has 0 fully saturated rings. The summed E-state index contributed by atoms with van der Waals surface area (Å²) < 4.78 is 0. The van der Waals surface area contributed by atoms with E-state index in [1.165, 1.54) is 83.5 Å². The molecule has 0 bridgehead atoms. The third-order valence-electron chi connectivity index (χ3n) is 15.7. The van der Waals surface area contributed by atoms with Crippen molar-refractivity contribution >= 4 is 22.7 Å². The molecule has 0 aliphatic heterocycles. The van der Waals surface area contributed by atoms with Crippen LogP contribution in [0, 0.1) is 0 Å². The number of aromatic nitrogens is 1. The number of hydrogen-bond acceptors (Lipinski definition) is 3. The minimum atomic E-state index is 0. The van der Waals surface area contributed by atoms with Gasteiger partial charge in [-0.15, -0.1) is 0 Å². The van der Waals surface area contributed by atoms with Gasteiger partial charge in [0.1, 0.15) is 0 Å². The van der Waals surface area contributed by atoms with E-state index in [1.807, 2.05) is 66.9 Å². The van der Waals surface area contributed by atoms with E-state index in [9.17, 15) is 9.59 Å². The van der Waals surface area contributed by atoms with E-state index < -0.39 is 0 Å². The van der Waals surface area contributed by atoms with Crippen LogP contribution in [0.5, 0.6) is 0 Å². The predicted molar refractivity (Wildman–Crippen MR) is 385 cm³/mol. The lowest BCUT2D eigenvalue weighted by molar-refractivity contribution is 0.100. The first kappa shape index (κ1) is 68.5. The fraction of sp³-hybridized carbons (Fsp3) is 0.198. The third kappa shape index (κ3) is 22.0. The maximum absolute atomic E-state index is 11.3. The van der Waals surface area contributed by atoms with Crippen LogP contribution < -0.4 is 0 Å². The second kappa shape index (κ2) is 37.2. The Balaban J connectivity index is 0.000000170. The highest BCUT2D eigenvalue weighted by Gasteiger charge is 2.06. The molecular formula is C86H91NO2. The molecule has 12 rings (SSSR count). The van der Waals surface area contributed by atoms with Gasteiger partial charge in [0.05, 0.1) is 0 Å². The minimum Gasteiger partial charge on any atom is -0.295 e. The maximum atomic E-state index is 11.3. The molecule has 1 aromatic heterocycles. The van der Waals surface area contributed by atoms with Crippen molar-refractivity contribution in [2.45, 2.75) is 114 Å². The molecule has 0 spiro atoms. The van der Waals surface area contributed by atoms with Crippen molar-refractivity contribution in [1.29, 1.82) is 0 Å². The highest BCUT2D eigenvalue weighted by atomic mass is 16.1. The normalized spacial score (nSPS) is 11.4. The van der Waals surface area contributed by atoms with Crippen LogP contribution in [0.1, 0.15) is 141 Å². The maximum Gasteiger partial charge on any atom is 0.159 e. The van der Waals surface area contributed by atoms with Crippen LogP contribution in [0.4, 0.5) is 0 Å². The quantitative estimate of drug-likeness (QED) is 0.102. The van der Waals surface area contributed by atoms with Crippen LogP contribution in [-0.4, -0.2) is 16.6 Å². The standard InChI is InChI=1S/2C16H16O.C14H14.C13H13N.2C13H14.CH4/c1-3-13-4-6-15(7-5-13)16-10-8-14(9-11-16)12(2)17;1-3-13-7-9-14(10-8-13)16-6-4-5-15(11-16)12(2)17;1-2-12-8-10-14(11-9-12)13-6-4-3-5-7-13;1-2-11-5-7-12(8-6-11)13-4-3-9-14-10-13;2*1-2-11-7-9-13(10-8-11)12-5-3-4-6-12;/h2*4-11H,3H2,1-2H3;3-11H,2H2,1H3;3-10H,2H2,1H3;2*3,5-10H,2,4H2,1H3;1H4. The molecule has 0 amide bonds. The zero-order chi connectivity index (χ0) is 62.3. The van der Waals surface area contributed by atoms with Crippen LogP contribution in [0.3, 0.4) is 0 Å². The van der Waals surface area contributed by atoms with E-state index >= 15 is 0 Å². The Bertz CT molecular complexity index is 3650. The van der Waals surface area contributed by atoms with E-state index in [0.29, 0.717) is 0 Å². The fourth-order valence-electron chi connectivity index (χ4n) is 9.92. The average molecular weight is 1170 g/mol. The van der Waals surface area contributed by atoms with Crippen molar-refractivity contribution in [1.82, 2.24) is 4.98 Å². The zero-order valence-corrected chi connectivity index (χ0v) is 53.1. The number of allylic oxidation sites excluding steroid dienone is 8. The molecule has 0 atom stereocenters.